The fourth-order valence-corrected chi connectivity index (χ4v) is 3.14. The number of hydrogen-bond donors (Lipinski definition) is 1. The van der Waals surface area contributed by atoms with Gasteiger partial charge in [0.25, 0.3) is 0 Å². The lowest BCUT2D eigenvalue weighted by Crippen LogP contribution is -2.22. The first-order chi connectivity index (χ1) is 9.88. The second kappa shape index (κ2) is 6.09. The number of nitrogens with zero attached hydrogens (tertiary/aromatic N) is 2. The third-order valence-corrected chi connectivity index (χ3v) is 4.58. The summed E-state index contributed by atoms with van der Waals surface area (Å²) < 4.78 is 25.1. The fourth-order valence-electron chi connectivity index (χ4n) is 2.08. The van der Waals surface area contributed by atoms with E-state index in [2.05, 4.69) is 5.10 Å². The minimum absolute atomic E-state index is 0.00172. The Bertz CT molecular complexity index is 723. The number of carbonyl (C=O) groups is 1. The van der Waals surface area contributed by atoms with E-state index in [-0.39, 0.29) is 12.8 Å². The highest BCUT2D eigenvalue weighted by Crippen LogP contribution is 2.24. The zero-order valence-electron chi connectivity index (χ0n) is 11.6. The summed E-state index contributed by atoms with van der Waals surface area (Å²) >= 11 is 0. The zero-order chi connectivity index (χ0) is 15.5. The molecule has 7 heteroatoms. The molecular weight excluding hydrogens is 290 g/mol. The molecule has 6 nitrogen and oxygen atoms in total. The molecule has 112 valence electrons. The van der Waals surface area contributed by atoms with Crippen molar-refractivity contribution in [3.8, 4) is 11.1 Å². The number of primary amides is 1. The first kappa shape index (κ1) is 15.2. The summed E-state index contributed by atoms with van der Waals surface area (Å²) in [6.45, 7) is 0. The SMILES string of the molecule is CS(=O)(=O)C(CCC(N)=O)n1cc(-c2ccccc2)cn1. The van der Waals surface area contributed by atoms with Gasteiger partial charge >= 0.3 is 0 Å². The van der Waals surface area contributed by atoms with Crippen molar-refractivity contribution in [2.24, 2.45) is 5.73 Å². The Morgan fingerprint density at radius 1 is 1.29 bits per heavy atom. The van der Waals surface area contributed by atoms with Crippen LogP contribution >= 0.6 is 0 Å². The predicted octanol–water partition coefficient (Wildman–Crippen LogP) is 1.36. The maximum atomic E-state index is 11.9. The molecule has 0 aliphatic carbocycles. The Labute approximate surface area is 123 Å². The molecule has 21 heavy (non-hydrogen) atoms. The van der Waals surface area contributed by atoms with Crippen LogP contribution in [0.4, 0.5) is 0 Å². The molecule has 0 aliphatic heterocycles. The monoisotopic (exact) mass is 307 g/mol. The molecule has 1 unspecified atom stereocenters. The molecule has 0 bridgehead atoms. The maximum absolute atomic E-state index is 11.9. The molecule has 0 saturated carbocycles. The molecule has 2 aromatic rings. The number of aromatic nitrogens is 2. The highest BCUT2D eigenvalue weighted by Gasteiger charge is 2.24. The Morgan fingerprint density at radius 2 is 1.95 bits per heavy atom. The van der Waals surface area contributed by atoms with Gasteiger partial charge in [0.2, 0.25) is 5.91 Å². The second-order valence-corrected chi connectivity index (χ2v) is 7.07. The highest BCUT2D eigenvalue weighted by molar-refractivity contribution is 7.90. The van der Waals surface area contributed by atoms with Gasteiger partial charge in [-0.05, 0) is 12.0 Å². The summed E-state index contributed by atoms with van der Waals surface area (Å²) in [5.41, 5.74) is 6.87. The minimum Gasteiger partial charge on any atom is -0.370 e. The standard InChI is InChI=1S/C14H17N3O3S/c1-21(19,20)14(8-7-13(15)18)17-10-12(9-16-17)11-5-3-2-4-6-11/h2-6,9-10,14H,7-8H2,1H3,(H2,15,18). The van der Waals surface area contributed by atoms with Crippen molar-refractivity contribution in [1.29, 1.82) is 0 Å². The zero-order valence-corrected chi connectivity index (χ0v) is 12.5. The molecule has 0 fully saturated rings. The van der Waals surface area contributed by atoms with Crippen molar-refractivity contribution in [1.82, 2.24) is 9.78 Å². The van der Waals surface area contributed by atoms with E-state index in [1.54, 1.807) is 12.4 Å². The van der Waals surface area contributed by atoms with Crippen LogP contribution in [0.1, 0.15) is 18.2 Å². The number of hydrogen-bond acceptors (Lipinski definition) is 4. The van der Waals surface area contributed by atoms with Gasteiger partial charge < -0.3 is 5.73 Å². The molecule has 1 amide bonds. The van der Waals surface area contributed by atoms with E-state index in [1.165, 1.54) is 4.68 Å². The van der Waals surface area contributed by atoms with Crippen LogP contribution in [0.15, 0.2) is 42.7 Å². The third kappa shape index (κ3) is 3.91. The van der Waals surface area contributed by atoms with Gasteiger partial charge in [0.15, 0.2) is 15.2 Å². The van der Waals surface area contributed by atoms with E-state index in [1.807, 2.05) is 30.3 Å². The number of rotatable bonds is 6. The van der Waals surface area contributed by atoms with Crippen LogP contribution in [-0.4, -0.2) is 30.4 Å². The lowest BCUT2D eigenvalue weighted by molar-refractivity contribution is -0.118. The van der Waals surface area contributed by atoms with E-state index in [0.717, 1.165) is 17.4 Å². The van der Waals surface area contributed by atoms with Gasteiger partial charge in [-0.1, -0.05) is 30.3 Å². The molecule has 2 rings (SSSR count). The lowest BCUT2D eigenvalue weighted by Gasteiger charge is -2.14. The Balaban J connectivity index is 2.30. The second-order valence-electron chi connectivity index (χ2n) is 4.86. The van der Waals surface area contributed by atoms with Crippen molar-refractivity contribution < 1.29 is 13.2 Å². The van der Waals surface area contributed by atoms with E-state index >= 15 is 0 Å². The van der Waals surface area contributed by atoms with Crippen LogP contribution in [0.3, 0.4) is 0 Å². The van der Waals surface area contributed by atoms with Gasteiger partial charge in [0.1, 0.15) is 0 Å². The fraction of sp³-hybridized carbons (Fsp3) is 0.286. The van der Waals surface area contributed by atoms with Crippen molar-refractivity contribution in [2.75, 3.05) is 6.26 Å². The van der Waals surface area contributed by atoms with Gasteiger partial charge in [-0.2, -0.15) is 5.10 Å². The Hall–Kier alpha value is -2.15. The number of benzene rings is 1. The van der Waals surface area contributed by atoms with Gasteiger partial charge in [0.05, 0.1) is 6.20 Å². The van der Waals surface area contributed by atoms with Gasteiger partial charge in [0, 0.05) is 24.4 Å². The number of sulfone groups is 1. The topological polar surface area (TPSA) is 95.0 Å². The van der Waals surface area contributed by atoms with E-state index in [0.29, 0.717) is 0 Å². The molecule has 2 N–H and O–H groups in total. The van der Waals surface area contributed by atoms with Crippen LogP contribution < -0.4 is 5.73 Å². The molecule has 1 aromatic heterocycles. The van der Waals surface area contributed by atoms with Crippen molar-refractivity contribution in [2.45, 2.75) is 18.2 Å². The van der Waals surface area contributed by atoms with Gasteiger partial charge in [-0.25, -0.2) is 8.42 Å². The third-order valence-electron chi connectivity index (χ3n) is 3.14. The van der Waals surface area contributed by atoms with Crippen LogP contribution in [0.2, 0.25) is 0 Å². The van der Waals surface area contributed by atoms with E-state index in [9.17, 15) is 13.2 Å². The molecule has 1 heterocycles. The molecule has 0 aliphatic rings. The quantitative estimate of drug-likeness (QED) is 0.871. The van der Waals surface area contributed by atoms with Crippen molar-refractivity contribution in [3.63, 3.8) is 0 Å². The molecule has 0 spiro atoms. The maximum Gasteiger partial charge on any atom is 0.217 e. The average Bonchev–Trinajstić information content (AvgIpc) is 2.87. The highest BCUT2D eigenvalue weighted by atomic mass is 32.2. The number of amides is 1. The van der Waals surface area contributed by atoms with Crippen LogP contribution in [0, 0.1) is 0 Å². The lowest BCUT2D eigenvalue weighted by atomic mass is 10.1. The summed E-state index contributed by atoms with van der Waals surface area (Å²) in [5.74, 6) is -0.529. The summed E-state index contributed by atoms with van der Waals surface area (Å²) in [6, 6.07) is 9.53. The van der Waals surface area contributed by atoms with E-state index in [4.69, 9.17) is 5.73 Å². The Morgan fingerprint density at radius 3 is 2.52 bits per heavy atom. The number of carbonyl (C=O) groups excluding carboxylic acids is 1. The molecule has 0 saturated heterocycles. The van der Waals surface area contributed by atoms with Crippen molar-refractivity contribution in [3.05, 3.63) is 42.7 Å². The normalized spacial score (nSPS) is 13.0. The molecule has 0 radical (unpaired) electrons. The molecular formula is C14H17N3O3S. The minimum atomic E-state index is -3.39. The average molecular weight is 307 g/mol. The molecule has 1 aromatic carbocycles. The van der Waals surface area contributed by atoms with Crippen molar-refractivity contribution >= 4 is 15.7 Å². The predicted molar refractivity (Wildman–Crippen MR) is 80.0 cm³/mol. The first-order valence-electron chi connectivity index (χ1n) is 6.44. The summed E-state index contributed by atoms with van der Waals surface area (Å²) in [7, 11) is -3.39. The van der Waals surface area contributed by atoms with Gasteiger partial charge in [-0.3, -0.25) is 9.48 Å². The summed E-state index contributed by atoms with van der Waals surface area (Å²) in [4.78, 5) is 10.9. The summed E-state index contributed by atoms with van der Waals surface area (Å²) in [5, 5.41) is 3.24. The Kier molecular flexibility index (Phi) is 4.42. The van der Waals surface area contributed by atoms with E-state index < -0.39 is 21.1 Å². The number of nitrogens with two attached hydrogens (primary N) is 1. The smallest absolute Gasteiger partial charge is 0.217 e. The van der Waals surface area contributed by atoms with Gasteiger partial charge in [-0.15, -0.1) is 0 Å². The van der Waals surface area contributed by atoms with Crippen LogP contribution in [0.5, 0.6) is 0 Å². The van der Waals surface area contributed by atoms with Crippen LogP contribution in [-0.2, 0) is 14.6 Å². The first-order valence-corrected chi connectivity index (χ1v) is 8.40. The summed E-state index contributed by atoms with van der Waals surface area (Å²) in [6.07, 6.45) is 4.52. The molecule has 1 atom stereocenters. The largest absolute Gasteiger partial charge is 0.370 e. The van der Waals surface area contributed by atoms with Crippen LogP contribution in [0.25, 0.3) is 11.1 Å².